The number of hydrogen-bond donors (Lipinski definition) is 7. The standard InChI is InChI=1S/C58H104O14/c1-3-5-7-9-11-13-15-17-19-20-21-22-23-24-25-26-28-30-32-34-36-38-40-42-67-44-47(70-50(60)41-39-37-35-33-31-29-27-18-16-14-12-10-8-6-4-2)45-68-57-56(66)54(64)52(62)49(72-57)46-69-58-55(65)53(63)51(61)48(43-59)71-58/h6,8,12,14,18,27,31,33,47-49,51-59,61-66H,3-5,7,9-11,13,15-17,19-26,28-30,32,34-46H2,1-2H3/b8-6-,14-12-,27-18-,33-31-. The van der Waals surface area contributed by atoms with Crippen LogP contribution in [0.3, 0.4) is 0 Å². The highest BCUT2D eigenvalue weighted by Gasteiger charge is 2.47. The Morgan fingerprint density at radius 2 is 0.903 bits per heavy atom. The largest absolute Gasteiger partial charge is 0.457 e. The van der Waals surface area contributed by atoms with Crippen LogP contribution >= 0.6 is 0 Å². The van der Waals surface area contributed by atoms with Crippen molar-refractivity contribution < 1.29 is 69.0 Å². The maximum atomic E-state index is 13.0. The first-order valence-corrected chi connectivity index (χ1v) is 28.7. The van der Waals surface area contributed by atoms with Crippen molar-refractivity contribution in [1.29, 1.82) is 0 Å². The van der Waals surface area contributed by atoms with Crippen molar-refractivity contribution in [2.75, 3.05) is 33.0 Å². The van der Waals surface area contributed by atoms with Crippen molar-refractivity contribution >= 4 is 5.97 Å². The molecule has 0 spiro atoms. The van der Waals surface area contributed by atoms with E-state index in [1.807, 2.05) is 0 Å². The summed E-state index contributed by atoms with van der Waals surface area (Å²) in [5, 5.41) is 72.3. The smallest absolute Gasteiger partial charge is 0.306 e. The van der Waals surface area contributed by atoms with E-state index in [-0.39, 0.29) is 19.6 Å². The lowest BCUT2D eigenvalue weighted by Crippen LogP contribution is -2.61. The fraction of sp³-hybridized carbons (Fsp3) is 0.845. The second-order valence-electron chi connectivity index (χ2n) is 20.1. The molecule has 0 bridgehead atoms. The summed E-state index contributed by atoms with van der Waals surface area (Å²) >= 11 is 0. The molecule has 7 N–H and O–H groups in total. The van der Waals surface area contributed by atoms with Crippen LogP contribution in [0.25, 0.3) is 0 Å². The number of aliphatic hydroxyl groups excluding tert-OH is 7. The van der Waals surface area contributed by atoms with E-state index in [2.05, 4.69) is 62.5 Å². The highest BCUT2D eigenvalue weighted by atomic mass is 16.7. The molecule has 0 aromatic carbocycles. The van der Waals surface area contributed by atoms with Crippen LogP contribution in [0.5, 0.6) is 0 Å². The molecule has 0 saturated carbocycles. The van der Waals surface area contributed by atoms with Gasteiger partial charge in [0.1, 0.15) is 54.9 Å². The molecule has 11 unspecified atom stereocenters. The van der Waals surface area contributed by atoms with Gasteiger partial charge in [-0.2, -0.15) is 0 Å². The third-order valence-electron chi connectivity index (χ3n) is 13.6. The number of allylic oxidation sites excluding steroid dienone is 8. The second kappa shape index (κ2) is 45.2. The molecular weight excluding hydrogens is 921 g/mol. The summed E-state index contributed by atoms with van der Waals surface area (Å²) in [5.41, 5.74) is 0. The fourth-order valence-electron chi connectivity index (χ4n) is 8.98. The van der Waals surface area contributed by atoms with Crippen LogP contribution in [0.2, 0.25) is 0 Å². The zero-order valence-corrected chi connectivity index (χ0v) is 44.9. The number of ether oxygens (including phenoxy) is 6. The van der Waals surface area contributed by atoms with Gasteiger partial charge < -0.3 is 64.2 Å². The number of carbonyl (C=O) groups is 1. The van der Waals surface area contributed by atoms with E-state index in [9.17, 15) is 40.5 Å². The third-order valence-corrected chi connectivity index (χ3v) is 13.6. The summed E-state index contributed by atoms with van der Waals surface area (Å²) in [5.74, 6) is -0.414. The zero-order chi connectivity index (χ0) is 52.3. The van der Waals surface area contributed by atoms with E-state index in [1.165, 1.54) is 128 Å². The molecule has 2 saturated heterocycles. The van der Waals surface area contributed by atoms with E-state index in [0.29, 0.717) is 13.0 Å². The first-order valence-electron chi connectivity index (χ1n) is 28.7. The summed E-state index contributed by atoms with van der Waals surface area (Å²) in [7, 11) is 0. The third kappa shape index (κ3) is 31.7. The number of aliphatic hydroxyl groups is 7. The average molecular weight is 1030 g/mol. The lowest BCUT2D eigenvalue weighted by molar-refractivity contribution is -0.332. The number of rotatable bonds is 46. The molecule has 2 rings (SSSR count). The summed E-state index contributed by atoms with van der Waals surface area (Å²) in [6.45, 7) is 3.55. The Morgan fingerprint density at radius 1 is 0.472 bits per heavy atom. The monoisotopic (exact) mass is 1020 g/mol. The lowest BCUT2D eigenvalue weighted by atomic mass is 9.98. The first kappa shape index (κ1) is 66.1. The number of unbranched alkanes of at least 4 members (excludes halogenated alkanes) is 24. The molecule has 11 atom stereocenters. The molecule has 2 aliphatic rings. The van der Waals surface area contributed by atoms with Crippen LogP contribution in [0.4, 0.5) is 0 Å². The highest BCUT2D eigenvalue weighted by Crippen LogP contribution is 2.27. The van der Waals surface area contributed by atoms with Crippen molar-refractivity contribution in [3.8, 4) is 0 Å². The molecule has 2 heterocycles. The van der Waals surface area contributed by atoms with Crippen molar-refractivity contribution in [3.05, 3.63) is 48.6 Å². The molecule has 14 nitrogen and oxygen atoms in total. The summed E-state index contributed by atoms with van der Waals surface area (Å²) in [4.78, 5) is 13.0. The number of carbonyl (C=O) groups excluding carboxylic acids is 1. The Balaban J connectivity index is 1.71. The summed E-state index contributed by atoms with van der Waals surface area (Å²) in [6, 6.07) is 0. The molecule has 2 fully saturated rings. The Bertz CT molecular complexity index is 1370. The molecule has 72 heavy (non-hydrogen) atoms. The maximum absolute atomic E-state index is 13.0. The maximum Gasteiger partial charge on any atom is 0.306 e. The number of hydrogen-bond acceptors (Lipinski definition) is 14. The van der Waals surface area contributed by atoms with Gasteiger partial charge in [-0.25, -0.2) is 0 Å². The second-order valence-corrected chi connectivity index (χ2v) is 20.1. The van der Waals surface area contributed by atoms with Gasteiger partial charge in [-0.05, 0) is 51.4 Å². The van der Waals surface area contributed by atoms with Crippen LogP contribution in [0.1, 0.15) is 213 Å². The van der Waals surface area contributed by atoms with Gasteiger partial charge in [0.2, 0.25) is 0 Å². The van der Waals surface area contributed by atoms with Crippen molar-refractivity contribution in [3.63, 3.8) is 0 Å². The molecule has 0 aliphatic carbocycles. The molecular formula is C58H104O14. The van der Waals surface area contributed by atoms with Crippen LogP contribution in [-0.2, 0) is 33.2 Å². The van der Waals surface area contributed by atoms with Crippen LogP contribution < -0.4 is 0 Å². The predicted octanol–water partition coefficient (Wildman–Crippen LogP) is 9.91. The van der Waals surface area contributed by atoms with E-state index < -0.39 is 86.7 Å². The zero-order valence-electron chi connectivity index (χ0n) is 44.9. The van der Waals surface area contributed by atoms with Gasteiger partial charge in [-0.3, -0.25) is 4.79 Å². The van der Waals surface area contributed by atoms with Crippen LogP contribution in [0, 0.1) is 0 Å². The highest BCUT2D eigenvalue weighted by molar-refractivity contribution is 5.69. The predicted molar refractivity (Wildman–Crippen MR) is 284 cm³/mol. The molecule has 2 aliphatic heterocycles. The Morgan fingerprint density at radius 3 is 1.39 bits per heavy atom. The van der Waals surface area contributed by atoms with Gasteiger partial charge in [-0.1, -0.05) is 204 Å². The van der Waals surface area contributed by atoms with Crippen molar-refractivity contribution in [1.82, 2.24) is 0 Å². The van der Waals surface area contributed by atoms with Crippen LogP contribution in [0.15, 0.2) is 48.6 Å². The summed E-state index contributed by atoms with van der Waals surface area (Å²) in [6.07, 6.45) is 37.6. The van der Waals surface area contributed by atoms with E-state index >= 15 is 0 Å². The Kier molecular flexibility index (Phi) is 41.4. The van der Waals surface area contributed by atoms with Gasteiger partial charge in [-0.15, -0.1) is 0 Å². The molecule has 420 valence electrons. The van der Waals surface area contributed by atoms with Crippen molar-refractivity contribution in [2.24, 2.45) is 0 Å². The normalized spacial score (nSPS) is 25.5. The van der Waals surface area contributed by atoms with E-state index in [0.717, 1.165) is 57.8 Å². The van der Waals surface area contributed by atoms with Gasteiger partial charge in [0.25, 0.3) is 0 Å². The minimum Gasteiger partial charge on any atom is -0.457 e. The topological polar surface area (TPSA) is 214 Å². The molecule has 0 aromatic heterocycles. The van der Waals surface area contributed by atoms with Crippen molar-refractivity contribution in [2.45, 2.75) is 280 Å². The summed E-state index contributed by atoms with van der Waals surface area (Å²) < 4.78 is 34.3. The van der Waals surface area contributed by atoms with Gasteiger partial charge in [0, 0.05) is 13.0 Å². The van der Waals surface area contributed by atoms with Crippen LogP contribution in [-0.4, -0.2) is 142 Å². The molecule has 0 radical (unpaired) electrons. The van der Waals surface area contributed by atoms with Gasteiger partial charge in [0.15, 0.2) is 12.6 Å². The quantitative estimate of drug-likeness (QED) is 0.0172. The van der Waals surface area contributed by atoms with Gasteiger partial charge >= 0.3 is 5.97 Å². The first-order chi connectivity index (χ1) is 35.1. The Hall–Kier alpha value is -2.05. The molecule has 0 amide bonds. The molecule has 14 heteroatoms. The minimum atomic E-state index is -1.71. The minimum absolute atomic E-state index is 0.0463. The number of esters is 1. The van der Waals surface area contributed by atoms with E-state index in [4.69, 9.17) is 28.4 Å². The molecule has 0 aromatic rings. The fourth-order valence-corrected chi connectivity index (χ4v) is 8.98. The average Bonchev–Trinajstić information content (AvgIpc) is 3.38. The lowest BCUT2D eigenvalue weighted by Gasteiger charge is -2.42. The van der Waals surface area contributed by atoms with Gasteiger partial charge in [0.05, 0.1) is 26.4 Å². The Labute approximate surface area is 435 Å². The SMILES string of the molecule is CC/C=C\C/C=C\C/C=C\C/C=C\CCCCC(=O)OC(COCCCCCCCCCCCCCCCCCCCCCCCCC)COC1OC(COC2OC(CO)C(O)C(O)C2O)C(O)C(O)C1O. The van der Waals surface area contributed by atoms with E-state index in [1.54, 1.807) is 0 Å².